The lowest BCUT2D eigenvalue weighted by molar-refractivity contribution is -0.385. The first-order valence-electron chi connectivity index (χ1n) is 9.67. The molecule has 2 rings (SSSR count). The molecule has 2 N–H and O–H groups in total. The third-order valence-corrected chi connectivity index (χ3v) is 5.95. The van der Waals surface area contributed by atoms with Crippen LogP contribution in [0, 0.1) is 29.9 Å². The number of nitrogens with one attached hydrogen (secondary N) is 2. The summed E-state index contributed by atoms with van der Waals surface area (Å²) in [7, 11) is -4.10. The molecule has 0 spiro atoms. The van der Waals surface area contributed by atoms with Gasteiger partial charge in [0.1, 0.15) is 4.90 Å². The van der Waals surface area contributed by atoms with Crippen LogP contribution < -0.4 is 10.1 Å². The van der Waals surface area contributed by atoms with Gasteiger partial charge in [0, 0.05) is 17.8 Å². The van der Waals surface area contributed by atoms with E-state index in [9.17, 15) is 18.5 Å². The SMILES string of the molecule is CC(CCC(C)C)=NNc1ccc([N+](=O)[O-])cc1S(=O)(=O)Nc1ccc(C)cc1C. The third kappa shape index (κ3) is 6.28. The number of sulfonamides is 1. The van der Waals surface area contributed by atoms with Crippen LogP contribution >= 0.6 is 0 Å². The number of aryl methyl sites for hydroxylation is 2. The molecule has 0 aromatic heterocycles. The van der Waals surface area contributed by atoms with Crippen LogP contribution in [-0.4, -0.2) is 19.1 Å². The van der Waals surface area contributed by atoms with E-state index >= 15 is 0 Å². The van der Waals surface area contributed by atoms with E-state index in [0.29, 0.717) is 11.6 Å². The highest BCUT2D eigenvalue weighted by Crippen LogP contribution is 2.29. The van der Waals surface area contributed by atoms with Crippen LogP contribution in [0.3, 0.4) is 0 Å². The lowest BCUT2D eigenvalue weighted by Crippen LogP contribution is -2.16. The van der Waals surface area contributed by atoms with E-state index in [2.05, 4.69) is 29.1 Å². The van der Waals surface area contributed by atoms with Gasteiger partial charge in [0.2, 0.25) is 0 Å². The standard InChI is InChI=1S/C21H28N4O4S/c1-14(2)6-8-17(5)22-23-20-11-9-18(25(26)27)13-21(20)30(28,29)24-19-10-7-15(3)12-16(19)4/h7,9-14,23-24H,6,8H2,1-5H3. The van der Waals surface area contributed by atoms with Crippen LogP contribution in [0.2, 0.25) is 0 Å². The maximum Gasteiger partial charge on any atom is 0.270 e. The second-order valence-corrected chi connectivity index (χ2v) is 9.40. The van der Waals surface area contributed by atoms with Crippen molar-refractivity contribution in [1.82, 2.24) is 0 Å². The largest absolute Gasteiger partial charge is 0.279 e. The summed E-state index contributed by atoms with van der Waals surface area (Å²) in [4.78, 5) is 10.3. The number of hydrogen-bond donors (Lipinski definition) is 2. The Balaban J connectivity index is 2.41. The first kappa shape index (κ1) is 23.3. The molecule has 0 saturated heterocycles. The van der Waals surface area contributed by atoms with Gasteiger partial charge >= 0.3 is 0 Å². The molecule has 0 aliphatic carbocycles. The normalized spacial score (nSPS) is 12.1. The average Bonchev–Trinajstić information content (AvgIpc) is 2.66. The summed E-state index contributed by atoms with van der Waals surface area (Å²) < 4.78 is 28.7. The molecule has 9 heteroatoms. The smallest absolute Gasteiger partial charge is 0.270 e. The zero-order valence-corrected chi connectivity index (χ0v) is 18.7. The monoisotopic (exact) mass is 432 g/mol. The minimum atomic E-state index is -4.10. The second-order valence-electron chi connectivity index (χ2n) is 7.75. The molecule has 2 aromatic carbocycles. The van der Waals surface area contributed by atoms with Crippen molar-refractivity contribution in [2.24, 2.45) is 11.0 Å². The highest BCUT2D eigenvalue weighted by atomic mass is 32.2. The Hall–Kier alpha value is -2.94. The average molecular weight is 433 g/mol. The first-order valence-corrected chi connectivity index (χ1v) is 11.2. The molecule has 0 bridgehead atoms. The fourth-order valence-electron chi connectivity index (χ4n) is 2.78. The molecular weight excluding hydrogens is 404 g/mol. The summed E-state index contributed by atoms with van der Waals surface area (Å²) >= 11 is 0. The van der Waals surface area contributed by atoms with Gasteiger partial charge in [0.05, 0.1) is 16.3 Å². The molecule has 0 unspecified atom stereocenters. The molecule has 0 aliphatic heterocycles. The molecule has 0 heterocycles. The predicted molar refractivity (Wildman–Crippen MR) is 121 cm³/mol. The number of nitrogens with zero attached hydrogens (tertiary/aromatic N) is 2. The summed E-state index contributed by atoms with van der Waals surface area (Å²) in [6.07, 6.45) is 1.72. The quantitative estimate of drug-likeness (QED) is 0.320. The van der Waals surface area contributed by atoms with Gasteiger partial charge in [-0.25, -0.2) is 8.42 Å². The number of non-ortho nitro benzene ring substituents is 1. The summed E-state index contributed by atoms with van der Waals surface area (Å²) in [5, 5.41) is 15.5. The molecule has 0 atom stereocenters. The Morgan fingerprint density at radius 2 is 1.80 bits per heavy atom. The van der Waals surface area contributed by atoms with Gasteiger partial charge in [-0.2, -0.15) is 5.10 Å². The molecular formula is C21H28N4O4S. The Morgan fingerprint density at radius 1 is 1.13 bits per heavy atom. The Labute approximate surface area is 177 Å². The van der Waals surface area contributed by atoms with E-state index in [1.807, 2.05) is 19.9 Å². The third-order valence-electron chi connectivity index (χ3n) is 4.54. The maximum absolute atomic E-state index is 13.1. The van der Waals surface area contributed by atoms with Gasteiger partial charge in [0.25, 0.3) is 15.7 Å². The van der Waals surface area contributed by atoms with E-state index in [0.717, 1.165) is 35.7 Å². The van der Waals surface area contributed by atoms with Gasteiger partial charge in [-0.3, -0.25) is 20.3 Å². The van der Waals surface area contributed by atoms with Crippen LogP contribution in [-0.2, 0) is 10.0 Å². The Bertz CT molecular complexity index is 1060. The predicted octanol–water partition coefficient (Wildman–Crippen LogP) is 5.24. The molecule has 162 valence electrons. The summed E-state index contributed by atoms with van der Waals surface area (Å²) in [6, 6.07) is 8.95. The van der Waals surface area contributed by atoms with E-state index < -0.39 is 14.9 Å². The number of hydrazone groups is 1. The molecule has 0 aliphatic rings. The number of benzene rings is 2. The number of hydrogen-bond acceptors (Lipinski definition) is 6. The number of anilines is 2. The van der Waals surface area contributed by atoms with Crippen LogP contribution in [0.1, 0.15) is 44.7 Å². The van der Waals surface area contributed by atoms with Gasteiger partial charge in [-0.1, -0.05) is 31.5 Å². The zero-order valence-electron chi connectivity index (χ0n) is 17.9. The van der Waals surface area contributed by atoms with Crippen molar-refractivity contribution in [3.8, 4) is 0 Å². The van der Waals surface area contributed by atoms with E-state index in [1.54, 1.807) is 19.1 Å². The molecule has 8 nitrogen and oxygen atoms in total. The van der Waals surface area contributed by atoms with Crippen molar-refractivity contribution in [2.75, 3.05) is 10.1 Å². The Morgan fingerprint density at radius 3 is 2.40 bits per heavy atom. The van der Waals surface area contributed by atoms with Crippen LogP contribution in [0.25, 0.3) is 0 Å². The highest BCUT2D eigenvalue weighted by Gasteiger charge is 2.23. The Kier molecular flexibility index (Phi) is 7.55. The minimum Gasteiger partial charge on any atom is -0.279 e. The zero-order chi connectivity index (χ0) is 22.5. The maximum atomic E-state index is 13.1. The lowest BCUT2D eigenvalue weighted by Gasteiger charge is -2.14. The van der Waals surface area contributed by atoms with Crippen molar-refractivity contribution in [3.05, 3.63) is 57.6 Å². The number of nitro benzene ring substituents is 1. The molecule has 30 heavy (non-hydrogen) atoms. The van der Waals surface area contributed by atoms with Crippen LogP contribution in [0.4, 0.5) is 17.1 Å². The molecule has 0 saturated carbocycles. The topological polar surface area (TPSA) is 114 Å². The van der Waals surface area contributed by atoms with Crippen LogP contribution in [0.5, 0.6) is 0 Å². The molecule has 0 radical (unpaired) electrons. The van der Waals surface area contributed by atoms with Crippen molar-refractivity contribution < 1.29 is 13.3 Å². The van der Waals surface area contributed by atoms with Crippen molar-refractivity contribution in [1.29, 1.82) is 0 Å². The lowest BCUT2D eigenvalue weighted by atomic mass is 10.1. The van der Waals surface area contributed by atoms with Crippen LogP contribution in [0.15, 0.2) is 46.4 Å². The first-order chi connectivity index (χ1) is 14.0. The second kappa shape index (κ2) is 9.71. The summed E-state index contributed by atoms with van der Waals surface area (Å²) in [5.74, 6) is 0.521. The fraction of sp³-hybridized carbons (Fsp3) is 0.381. The molecule has 0 amide bonds. The van der Waals surface area contributed by atoms with Gasteiger partial charge in [-0.05, 0) is 57.2 Å². The van der Waals surface area contributed by atoms with E-state index in [-0.39, 0.29) is 16.3 Å². The molecule has 0 fully saturated rings. The van der Waals surface area contributed by atoms with Gasteiger partial charge in [0.15, 0.2) is 0 Å². The van der Waals surface area contributed by atoms with E-state index in [1.165, 1.54) is 12.1 Å². The number of rotatable bonds is 9. The molecule has 2 aromatic rings. The fourth-order valence-corrected chi connectivity index (χ4v) is 4.08. The van der Waals surface area contributed by atoms with Crippen molar-refractivity contribution >= 4 is 32.8 Å². The van der Waals surface area contributed by atoms with Crippen molar-refractivity contribution in [2.45, 2.75) is 52.4 Å². The van der Waals surface area contributed by atoms with E-state index in [4.69, 9.17) is 0 Å². The minimum absolute atomic E-state index is 0.168. The van der Waals surface area contributed by atoms with Gasteiger partial charge < -0.3 is 0 Å². The highest BCUT2D eigenvalue weighted by molar-refractivity contribution is 7.92. The van der Waals surface area contributed by atoms with Crippen molar-refractivity contribution in [3.63, 3.8) is 0 Å². The van der Waals surface area contributed by atoms with Gasteiger partial charge in [-0.15, -0.1) is 0 Å². The number of nitro groups is 1. The summed E-state index contributed by atoms with van der Waals surface area (Å²) in [5.41, 5.74) is 5.59. The summed E-state index contributed by atoms with van der Waals surface area (Å²) in [6.45, 7) is 9.77.